The van der Waals surface area contributed by atoms with Gasteiger partial charge >= 0.3 is 11.9 Å². The Hall–Kier alpha value is -5.70. The van der Waals surface area contributed by atoms with E-state index < -0.39 is 22.8 Å². The van der Waals surface area contributed by atoms with E-state index in [-0.39, 0.29) is 13.2 Å². The maximum absolute atomic E-state index is 13.8. The predicted molar refractivity (Wildman–Crippen MR) is 213 cm³/mol. The molecule has 0 saturated heterocycles. The van der Waals surface area contributed by atoms with Gasteiger partial charge in [-0.2, -0.15) is 0 Å². The molecule has 0 atom stereocenters. The van der Waals surface area contributed by atoms with E-state index in [1.54, 1.807) is 14.0 Å². The lowest BCUT2D eigenvalue weighted by Crippen LogP contribution is -2.17. The summed E-state index contributed by atoms with van der Waals surface area (Å²) in [6.07, 6.45) is 1.17. The number of rotatable bonds is 7. The minimum Gasteiger partial charge on any atom is -0.493 e. The number of H-pyrrole nitrogens is 2. The highest BCUT2D eigenvalue weighted by atomic mass is 16.5. The van der Waals surface area contributed by atoms with Crippen LogP contribution < -0.4 is 4.74 Å². The number of aryl methyl sites for hydroxylation is 2. The Morgan fingerprint density at radius 2 is 1.17 bits per heavy atom. The van der Waals surface area contributed by atoms with Gasteiger partial charge in [0.1, 0.15) is 0 Å². The first-order chi connectivity index (χ1) is 25.7. The Morgan fingerprint density at radius 1 is 0.667 bits per heavy atom. The van der Waals surface area contributed by atoms with Gasteiger partial charge in [0, 0.05) is 51.5 Å². The van der Waals surface area contributed by atoms with E-state index in [0.29, 0.717) is 52.0 Å². The normalized spacial score (nSPS) is 14.5. The van der Waals surface area contributed by atoms with Crippen molar-refractivity contribution in [1.82, 2.24) is 19.9 Å². The molecule has 0 saturated carbocycles. The van der Waals surface area contributed by atoms with Crippen molar-refractivity contribution < 1.29 is 23.8 Å². The zero-order valence-electron chi connectivity index (χ0n) is 32.6. The molecule has 5 heterocycles. The first-order valence-electron chi connectivity index (χ1n) is 18.6. The van der Waals surface area contributed by atoms with Gasteiger partial charge in [-0.3, -0.25) is 9.97 Å². The van der Waals surface area contributed by atoms with E-state index in [1.807, 2.05) is 25.1 Å². The van der Waals surface area contributed by atoms with Gasteiger partial charge < -0.3 is 24.2 Å². The Balaban J connectivity index is 1.74. The third-order valence-corrected chi connectivity index (χ3v) is 10.4. The average Bonchev–Trinajstić information content (AvgIpc) is 3.88. The number of nitrogens with one attached hydrogen (secondary N) is 2. The van der Waals surface area contributed by atoms with E-state index in [4.69, 9.17) is 24.2 Å². The lowest BCUT2D eigenvalue weighted by molar-refractivity contribution is 0.0519. The molecule has 278 valence electrons. The molecule has 9 heteroatoms. The molecule has 8 bridgehead atoms. The van der Waals surface area contributed by atoms with Crippen LogP contribution in [-0.2, 0) is 33.1 Å². The lowest BCUT2D eigenvalue weighted by Gasteiger charge is -2.19. The van der Waals surface area contributed by atoms with Crippen LogP contribution in [-0.4, -0.2) is 52.2 Å². The Bertz CT molecular complexity index is 2410. The minimum atomic E-state index is -0.514. The van der Waals surface area contributed by atoms with Crippen molar-refractivity contribution in [1.29, 1.82) is 0 Å². The summed E-state index contributed by atoms with van der Waals surface area (Å²) in [6, 6.07) is 22.3. The molecule has 0 spiro atoms. The van der Waals surface area contributed by atoms with E-state index in [2.05, 4.69) is 100 Å². The Labute approximate surface area is 316 Å². The largest absolute Gasteiger partial charge is 0.493 e. The maximum Gasteiger partial charge on any atom is 0.340 e. The van der Waals surface area contributed by atoms with Gasteiger partial charge in [-0.1, -0.05) is 87.4 Å². The molecule has 7 rings (SSSR count). The summed E-state index contributed by atoms with van der Waals surface area (Å²) in [5.41, 5.74) is 11.4. The molecule has 2 aliphatic heterocycles. The summed E-state index contributed by atoms with van der Waals surface area (Å²) in [6.45, 7) is 16.7. The summed E-state index contributed by atoms with van der Waals surface area (Å²) in [5, 5.41) is 0. The van der Waals surface area contributed by atoms with Crippen molar-refractivity contribution in [3.05, 3.63) is 112 Å². The fourth-order valence-electron chi connectivity index (χ4n) is 7.63. The Morgan fingerprint density at radius 3 is 1.72 bits per heavy atom. The molecular weight excluding hydrogens is 677 g/mol. The molecule has 0 unspecified atom stereocenters. The number of methoxy groups -OCH3 is 1. The third-order valence-electron chi connectivity index (χ3n) is 10.4. The standard InChI is InChI=1S/C45H48N4O5/c1-10-53-42(50)29-20-32-37(27-16-12-25(3)13-17-27)35-24-45(7,8)41(49-35)40(52-9)39-30(43(51)54-11-2)21-33(48-39)38(28-18-14-26(4)15-19-28)34-23-44(5,6)36(47-34)22-31(29)46-32/h12-22,46,48H,10-11,23-24H2,1-9H3. The van der Waals surface area contributed by atoms with Gasteiger partial charge in [0.25, 0.3) is 0 Å². The van der Waals surface area contributed by atoms with Crippen molar-refractivity contribution >= 4 is 34.0 Å². The molecule has 3 aromatic heterocycles. The van der Waals surface area contributed by atoms with Crippen LogP contribution in [0.4, 0.5) is 0 Å². The summed E-state index contributed by atoms with van der Waals surface area (Å²) >= 11 is 0. The second-order valence-electron chi connectivity index (χ2n) is 15.6. The van der Waals surface area contributed by atoms with Gasteiger partial charge in [0.15, 0.2) is 5.75 Å². The van der Waals surface area contributed by atoms with E-state index >= 15 is 0 Å². The number of fused-ring (bicyclic) bond motifs is 8. The SMILES string of the molecule is CCOC(=O)c1cc2[nH]c1cc1nc(c(-c3ccc(C)cc3)c3cc(C(=O)OCC)c([nH]3)c(OC)c3nc(c2-c2ccc(C)cc2)CC3(C)C)CC1(C)C. The molecule has 2 aromatic carbocycles. The lowest BCUT2D eigenvalue weighted by atomic mass is 9.85. The fourth-order valence-corrected chi connectivity index (χ4v) is 7.63. The van der Waals surface area contributed by atoms with Crippen molar-refractivity contribution in [2.75, 3.05) is 20.3 Å². The fraction of sp³-hybridized carbons (Fsp3) is 0.333. The van der Waals surface area contributed by atoms with Crippen LogP contribution in [0, 0.1) is 13.8 Å². The molecule has 0 radical (unpaired) electrons. The van der Waals surface area contributed by atoms with E-state index in [0.717, 1.165) is 56.0 Å². The van der Waals surface area contributed by atoms with Crippen LogP contribution in [0.25, 0.3) is 44.3 Å². The zero-order valence-corrected chi connectivity index (χ0v) is 32.6. The first-order valence-corrected chi connectivity index (χ1v) is 18.6. The highest BCUT2D eigenvalue weighted by molar-refractivity contribution is 6.04. The molecule has 5 aromatic rings. The van der Waals surface area contributed by atoms with E-state index in [9.17, 15) is 9.59 Å². The van der Waals surface area contributed by atoms with Crippen molar-refractivity contribution in [2.45, 2.75) is 79.1 Å². The summed E-state index contributed by atoms with van der Waals surface area (Å²) in [4.78, 5) is 45.4. The number of carbonyl (C=O) groups excluding carboxylic acids is 2. The van der Waals surface area contributed by atoms with Crippen molar-refractivity contribution in [3.63, 3.8) is 0 Å². The second-order valence-corrected chi connectivity index (χ2v) is 15.6. The molecule has 2 aliphatic rings. The van der Waals surface area contributed by atoms with Crippen LogP contribution in [0.5, 0.6) is 5.75 Å². The van der Waals surface area contributed by atoms with Crippen molar-refractivity contribution in [2.24, 2.45) is 0 Å². The predicted octanol–water partition coefficient (Wildman–Crippen LogP) is 9.67. The molecule has 54 heavy (non-hydrogen) atoms. The number of hydrogen-bond acceptors (Lipinski definition) is 7. The van der Waals surface area contributed by atoms with Crippen LogP contribution in [0.3, 0.4) is 0 Å². The smallest absolute Gasteiger partial charge is 0.340 e. The number of carbonyl (C=O) groups is 2. The topological polar surface area (TPSA) is 119 Å². The number of hydrogen-bond donors (Lipinski definition) is 2. The van der Waals surface area contributed by atoms with Gasteiger partial charge in [-0.15, -0.1) is 0 Å². The Kier molecular flexibility index (Phi) is 9.46. The quantitative estimate of drug-likeness (QED) is 0.161. The zero-order chi connectivity index (χ0) is 38.5. The van der Waals surface area contributed by atoms with Crippen LogP contribution in [0.2, 0.25) is 0 Å². The van der Waals surface area contributed by atoms with Gasteiger partial charge in [-0.05, 0) is 57.0 Å². The number of ether oxygens (including phenoxy) is 3. The molecule has 0 fully saturated rings. The van der Waals surface area contributed by atoms with E-state index in [1.165, 1.54) is 0 Å². The van der Waals surface area contributed by atoms with Crippen LogP contribution in [0.1, 0.15) is 96.2 Å². The minimum absolute atomic E-state index is 0.218. The van der Waals surface area contributed by atoms with Gasteiger partial charge in [0.2, 0.25) is 0 Å². The number of benzene rings is 2. The monoisotopic (exact) mass is 724 g/mol. The highest BCUT2D eigenvalue weighted by Crippen LogP contribution is 2.44. The van der Waals surface area contributed by atoms with Gasteiger partial charge in [-0.25, -0.2) is 9.59 Å². The molecule has 0 amide bonds. The number of aromatic nitrogens is 4. The maximum atomic E-state index is 13.8. The van der Waals surface area contributed by atoms with Gasteiger partial charge in [0.05, 0.1) is 59.6 Å². The third kappa shape index (κ3) is 6.57. The second kappa shape index (κ2) is 13.9. The molecular formula is C45H48N4O5. The van der Waals surface area contributed by atoms with Crippen molar-refractivity contribution in [3.8, 4) is 28.0 Å². The average molecular weight is 725 g/mol. The molecule has 9 nitrogen and oxygen atoms in total. The molecule has 2 N–H and O–H groups in total. The van der Waals surface area contributed by atoms with Crippen LogP contribution >= 0.6 is 0 Å². The summed E-state index contributed by atoms with van der Waals surface area (Å²) < 4.78 is 17.5. The van der Waals surface area contributed by atoms with Crippen LogP contribution in [0.15, 0.2) is 66.7 Å². The number of aromatic amines is 2. The number of esters is 2. The summed E-state index contributed by atoms with van der Waals surface area (Å²) in [7, 11) is 1.61. The highest BCUT2D eigenvalue weighted by Gasteiger charge is 2.36. The number of nitrogens with zero attached hydrogens (tertiary/aromatic N) is 2. The first kappa shape index (κ1) is 36.6. The molecule has 0 aliphatic carbocycles. The summed E-state index contributed by atoms with van der Waals surface area (Å²) in [5.74, 6) is -0.421.